The molecule has 39 heavy (non-hydrogen) atoms. The van der Waals surface area contributed by atoms with E-state index in [4.69, 9.17) is 9.47 Å². The molecule has 1 aliphatic carbocycles. The lowest BCUT2D eigenvalue weighted by Gasteiger charge is -2.37. The summed E-state index contributed by atoms with van der Waals surface area (Å²) in [5.41, 5.74) is 9.66. The third kappa shape index (κ3) is 3.75. The van der Waals surface area contributed by atoms with Gasteiger partial charge in [-0.25, -0.2) is 0 Å². The molecular weight excluding hydrogens is 480 g/mol. The fraction of sp³-hybridized carbons (Fsp3) is 0.200. The SMILES string of the molecule is C=CCN1COc2ccc(C3(c4ccc5c(c4)CN(CC=C)CO5)c4ccccc4-c4ccccc43)cc2C1. The Bertz CT molecular complexity index is 1470. The van der Waals surface area contributed by atoms with E-state index < -0.39 is 5.41 Å². The standard InChI is InChI=1S/C35H32N2O2/c1-3-17-36-21-25-19-27(13-15-33(25)38-23-36)35(28-14-16-34-26(20-28)22-37(18-4-2)24-39-34)31-11-7-5-9-29(31)30-10-6-8-12-32(30)35/h3-16,19-20H,1-2,17-18,21-24H2. The van der Waals surface area contributed by atoms with Crippen molar-refractivity contribution >= 4 is 0 Å². The van der Waals surface area contributed by atoms with Crippen LogP contribution in [-0.2, 0) is 18.5 Å². The van der Waals surface area contributed by atoms with Crippen LogP contribution in [0, 0.1) is 0 Å². The van der Waals surface area contributed by atoms with Crippen LogP contribution < -0.4 is 9.47 Å². The van der Waals surface area contributed by atoms with Gasteiger partial charge in [-0.05, 0) is 57.6 Å². The average Bonchev–Trinajstić information content (AvgIpc) is 3.28. The molecule has 0 aromatic heterocycles. The molecule has 0 saturated carbocycles. The molecule has 4 nitrogen and oxygen atoms in total. The molecule has 0 spiro atoms. The molecule has 4 aromatic rings. The Hall–Kier alpha value is -4.12. The average molecular weight is 513 g/mol. The third-order valence-corrected chi connectivity index (χ3v) is 8.31. The molecule has 3 aliphatic rings. The smallest absolute Gasteiger partial charge is 0.142 e. The Morgan fingerprint density at radius 2 is 1.10 bits per heavy atom. The molecule has 0 atom stereocenters. The first kappa shape index (κ1) is 24.0. The predicted octanol–water partition coefficient (Wildman–Crippen LogP) is 6.73. The van der Waals surface area contributed by atoms with Crippen molar-refractivity contribution in [2.45, 2.75) is 18.5 Å². The number of hydrogen-bond donors (Lipinski definition) is 0. The van der Waals surface area contributed by atoms with E-state index in [2.05, 4.69) is 108 Å². The van der Waals surface area contributed by atoms with Gasteiger partial charge in [-0.15, -0.1) is 13.2 Å². The van der Waals surface area contributed by atoms with Gasteiger partial charge >= 0.3 is 0 Å². The normalized spacial score (nSPS) is 17.1. The molecule has 2 aliphatic heterocycles. The van der Waals surface area contributed by atoms with Gasteiger partial charge in [-0.2, -0.15) is 0 Å². The third-order valence-electron chi connectivity index (χ3n) is 8.31. The summed E-state index contributed by atoms with van der Waals surface area (Å²) in [4.78, 5) is 4.54. The number of ether oxygens (including phenoxy) is 2. The van der Waals surface area contributed by atoms with Crippen LogP contribution in [0.15, 0.2) is 110 Å². The lowest BCUT2D eigenvalue weighted by molar-refractivity contribution is 0.107. The predicted molar refractivity (Wildman–Crippen MR) is 156 cm³/mol. The molecule has 194 valence electrons. The molecule has 0 fully saturated rings. The minimum atomic E-state index is -0.460. The maximum atomic E-state index is 6.14. The van der Waals surface area contributed by atoms with E-state index in [-0.39, 0.29) is 0 Å². The quantitative estimate of drug-likeness (QED) is 0.236. The summed E-state index contributed by atoms with van der Waals surface area (Å²) in [6.07, 6.45) is 3.88. The van der Waals surface area contributed by atoms with E-state index in [1.54, 1.807) is 0 Å². The lowest BCUT2D eigenvalue weighted by Crippen LogP contribution is -2.34. The van der Waals surface area contributed by atoms with Gasteiger partial charge in [0.15, 0.2) is 0 Å². The number of hydrogen-bond acceptors (Lipinski definition) is 4. The van der Waals surface area contributed by atoms with E-state index in [0.717, 1.165) is 37.7 Å². The summed E-state index contributed by atoms with van der Waals surface area (Å²) >= 11 is 0. The first-order chi connectivity index (χ1) is 19.2. The van der Waals surface area contributed by atoms with Crippen LogP contribution in [0.4, 0.5) is 0 Å². The summed E-state index contributed by atoms with van der Waals surface area (Å²) in [7, 11) is 0. The van der Waals surface area contributed by atoms with Crippen molar-refractivity contribution < 1.29 is 9.47 Å². The Labute approximate surface area is 230 Å². The van der Waals surface area contributed by atoms with Crippen LogP contribution in [0.1, 0.15) is 33.4 Å². The lowest BCUT2D eigenvalue weighted by atomic mass is 9.67. The number of rotatable bonds is 6. The highest BCUT2D eigenvalue weighted by Crippen LogP contribution is 2.56. The van der Waals surface area contributed by atoms with Crippen molar-refractivity contribution in [3.8, 4) is 22.6 Å². The second-order valence-electron chi connectivity index (χ2n) is 10.6. The largest absolute Gasteiger partial charge is 0.478 e. The number of nitrogens with zero attached hydrogens (tertiary/aromatic N) is 2. The van der Waals surface area contributed by atoms with Gasteiger partial charge in [0.05, 0.1) is 5.41 Å². The fourth-order valence-electron chi connectivity index (χ4n) is 6.67. The zero-order chi connectivity index (χ0) is 26.4. The van der Waals surface area contributed by atoms with E-state index >= 15 is 0 Å². The monoisotopic (exact) mass is 512 g/mol. The summed E-state index contributed by atoms with van der Waals surface area (Å²) in [5.74, 6) is 1.93. The minimum Gasteiger partial charge on any atom is -0.478 e. The second-order valence-corrected chi connectivity index (χ2v) is 10.6. The second kappa shape index (κ2) is 9.57. The van der Waals surface area contributed by atoms with Crippen LogP contribution in [0.3, 0.4) is 0 Å². The van der Waals surface area contributed by atoms with Crippen molar-refractivity contribution in [2.75, 3.05) is 26.6 Å². The maximum absolute atomic E-state index is 6.14. The highest BCUT2D eigenvalue weighted by molar-refractivity contribution is 5.86. The van der Waals surface area contributed by atoms with Gasteiger partial charge < -0.3 is 9.47 Å². The fourth-order valence-corrected chi connectivity index (χ4v) is 6.67. The summed E-state index contributed by atoms with van der Waals surface area (Å²) in [6.45, 7) is 12.3. The van der Waals surface area contributed by atoms with Crippen LogP contribution in [0.25, 0.3) is 11.1 Å². The van der Waals surface area contributed by atoms with Crippen molar-refractivity contribution in [3.05, 3.63) is 144 Å². The van der Waals surface area contributed by atoms with E-state index in [1.165, 1.54) is 44.5 Å². The summed E-state index contributed by atoms with van der Waals surface area (Å²) < 4.78 is 12.3. The summed E-state index contributed by atoms with van der Waals surface area (Å²) in [5, 5.41) is 0. The molecule has 4 heteroatoms. The van der Waals surface area contributed by atoms with Gasteiger partial charge in [0.2, 0.25) is 0 Å². The van der Waals surface area contributed by atoms with Crippen molar-refractivity contribution in [1.29, 1.82) is 0 Å². The first-order valence-electron chi connectivity index (χ1n) is 13.6. The molecule has 4 aromatic carbocycles. The minimum absolute atomic E-state index is 0.460. The molecule has 0 radical (unpaired) electrons. The van der Waals surface area contributed by atoms with Crippen LogP contribution in [0.2, 0.25) is 0 Å². The highest BCUT2D eigenvalue weighted by atomic mass is 16.5. The van der Waals surface area contributed by atoms with E-state index in [1.807, 2.05) is 12.2 Å². The Morgan fingerprint density at radius 3 is 1.56 bits per heavy atom. The molecule has 0 N–H and O–H groups in total. The molecule has 0 amide bonds. The van der Waals surface area contributed by atoms with Crippen molar-refractivity contribution in [1.82, 2.24) is 9.80 Å². The number of fused-ring (bicyclic) bond motifs is 5. The van der Waals surface area contributed by atoms with E-state index in [9.17, 15) is 0 Å². The first-order valence-corrected chi connectivity index (χ1v) is 13.6. The van der Waals surface area contributed by atoms with Gasteiger partial charge in [0.1, 0.15) is 25.0 Å². The highest BCUT2D eigenvalue weighted by Gasteiger charge is 2.46. The van der Waals surface area contributed by atoms with Crippen LogP contribution >= 0.6 is 0 Å². The van der Waals surface area contributed by atoms with Crippen molar-refractivity contribution in [2.24, 2.45) is 0 Å². The van der Waals surface area contributed by atoms with Gasteiger partial charge in [0, 0.05) is 37.3 Å². The molecule has 0 bridgehead atoms. The zero-order valence-electron chi connectivity index (χ0n) is 22.1. The Kier molecular flexibility index (Phi) is 5.88. The number of benzene rings is 4. The van der Waals surface area contributed by atoms with E-state index in [0.29, 0.717) is 13.5 Å². The molecule has 0 unspecified atom stereocenters. The molecular formula is C35H32N2O2. The van der Waals surface area contributed by atoms with Crippen LogP contribution in [-0.4, -0.2) is 36.4 Å². The van der Waals surface area contributed by atoms with Gasteiger partial charge in [-0.1, -0.05) is 72.8 Å². The Balaban J connectivity index is 1.47. The molecule has 2 heterocycles. The van der Waals surface area contributed by atoms with Gasteiger partial charge in [0.25, 0.3) is 0 Å². The maximum Gasteiger partial charge on any atom is 0.142 e. The zero-order valence-corrected chi connectivity index (χ0v) is 22.1. The molecule has 7 rings (SSSR count). The van der Waals surface area contributed by atoms with Gasteiger partial charge in [-0.3, -0.25) is 9.80 Å². The van der Waals surface area contributed by atoms with Crippen LogP contribution in [0.5, 0.6) is 11.5 Å². The van der Waals surface area contributed by atoms with Crippen molar-refractivity contribution in [3.63, 3.8) is 0 Å². The summed E-state index contributed by atoms with van der Waals surface area (Å²) in [6, 6.07) is 31.3. The topological polar surface area (TPSA) is 24.9 Å². The Morgan fingerprint density at radius 1 is 0.641 bits per heavy atom. The molecule has 0 saturated heterocycles.